The SMILES string of the molecule is CCc1cccc(OCc2nnc(CC)o2)c1. The Hall–Kier alpha value is -1.84. The van der Waals surface area contributed by atoms with Crippen molar-refractivity contribution >= 4 is 0 Å². The molecule has 0 bridgehead atoms. The summed E-state index contributed by atoms with van der Waals surface area (Å²) in [4.78, 5) is 0. The van der Waals surface area contributed by atoms with Gasteiger partial charge >= 0.3 is 0 Å². The Labute approximate surface area is 101 Å². The smallest absolute Gasteiger partial charge is 0.253 e. The minimum Gasteiger partial charge on any atom is -0.484 e. The van der Waals surface area contributed by atoms with E-state index in [-0.39, 0.29) is 0 Å². The van der Waals surface area contributed by atoms with Gasteiger partial charge in [0.1, 0.15) is 5.75 Å². The van der Waals surface area contributed by atoms with E-state index >= 15 is 0 Å². The Kier molecular flexibility index (Phi) is 3.75. The lowest BCUT2D eigenvalue weighted by Crippen LogP contribution is -1.96. The lowest BCUT2D eigenvalue weighted by molar-refractivity contribution is 0.259. The molecule has 0 atom stereocenters. The summed E-state index contributed by atoms with van der Waals surface area (Å²) in [5.41, 5.74) is 1.25. The number of rotatable bonds is 5. The molecule has 0 amide bonds. The number of hydrogen-bond acceptors (Lipinski definition) is 4. The van der Waals surface area contributed by atoms with Gasteiger partial charge in [-0.1, -0.05) is 26.0 Å². The Bertz CT molecular complexity index is 480. The van der Waals surface area contributed by atoms with Crippen molar-refractivity contribution in [2.75, 3.05) is 0 Å². The van der Waals surface area contributed by atoms with Crippen LogP contribution in [0, 0.1) is 0 Å². The van der Waals surface area contributed by atoms with E-state index in [4.69, 9.17) is 9.15 Å². The fourth-order valence-electron chi connectivity index (χ4n) is 1.49. The summed E-state index contributed by atoms with van der Waals surface area (Å²) in [5, 5.41) is 7.79. The summed E-state index contributed by atoms with van der Waals surface area (Å²) in [6.07, 6.45) is 1.75. The van der Waals surface area contributed by atoms with E-state index in [2.05, 4.69) is 23.2 Å². The van der Waals surface area contributed by atoms with Gasteiger partial charge in [0.15, 0.2) is 6.61 Å². The van der Waals surface area contributed by atoms with E-state index in [1.54, 1.807) is 0 Å². The van der Waals surface area contributed by atoms with Gasteiger partial charge in [-0.25, -0.2) is 0 Å². The summed E-state index contributed by atoms with van der Waals surface area (Å²) in [5.74, 6) is 2.00. The van der Waals surface area contributed by atoms with Gasteiger partial charge in [0.2, 0.25) is 5.89 Å². The molecule has 4 nitrogen and oxygen atoms in total. The third-order valence-electron chi connectivity index (χ3n) is 2.48. The van der Waals surface area contributed by atoms with Crippen molar-refractivity contribution in [1.29, 1.82) is 0 Å². The van der Waals surface area contributed by atoms with Crippen LogP contribution in [-0.2, 0) is 19.4 Å². The first-order valence-electron chi connectivity index (χ1n) is 5.84. The fourth-order valence-corrected chi connectivity index (χ4v) is 1.49. The van der Waals surface area contributed by atoms with Crippen LogP contribution in [0.5, 0.6) is 5.75 Å². The molecule has 0 unspecified atom stereocenters. The topological polar surface area (TPSA) is 48.2 Å². The molecule has 0 spiro atoms. The van der Waals surface area contributed by atoms with Crippen molar-refractivity contribution in [3.8, 4) is 5.75 Å². The van der Waals surface area contributed by atoms with Crippen molar-refractivity contribution < 1.29 is 9.15 Å². The molecular weight excluding hydrogens is 216 g/mol. The van der Waals surface area contributed by atoms with Crippen LogP contribution in [0.2, 0.25) is 0 Å². The number of benzene rings is 1. The lowest BCUT2D eigenvalue weighted by atomic mass is 10.2. The minimum atomic E-state index is 0.320. The molecule has 0 aliphatic heterocycles. The number of ether oxygens (including phenoxy) is 1. The molecule has 0 saturated heterocycles. The number of aryl methyl sites for hydroxylation is 2. The van der Waals surface area contributed by atoms with Gasteiger partial charge in [-0.15, -0.1) is 10.2 Å². The molecule has 0 fully saturated rings. The molecule has 1 heterocycles. The molecule has 0 aliphatic carbocycles. The van der Waals surface area contributed by atoms with E-state index in [0.29, 0.717) is 18.4 Å². The number of hydrogen-bond donors (Lipinski definition) is 0. The summed E-state index contributed by atoms with van der Waals surface area (Å²) in [6.45, 7) is 4.41. The zero-order chi connectivity index (χ0) is 12.1. The molecule has 0 saturated carbocycles. The largest absolute Gasteiger partial charge is 0.484 e. The van der Waals surface area contributed by atoms with E-state index in [9.17, 15) is 0 Å². The third kappa shape index (κ3) is 3.06. The first-order valence-corrected chi connectivity index (χ1v) is 5.84. The highest BCUT2D eigenvalue weighted by molar-refractivity contribution is 5.28. The van der Waals surface area contributed by atoms with Gasteiger partial charge in [0, 0.05) is 6.42 Å². The molecule has 0 radical (unpaired) electrons. The van der Waals surface area contributed by atoms with Crippen LogP contribution < -0.4 is 4.74 Å². The molecule has 0 N–H and O–H groups in total. The molecular formula is C13H16N2O2. The van der Waals surface area contributed by atoms with Crippen LogP contribution in [-0.4, -0.2) is 10.2 Å². The zero-order valence-corrected chi connectivity index (χ0v) is 10.1. The standard InChI is InChI=1S/C13H16N2O2/c1-3-10-6-5-7-11(8-10)16-9-13-15-14-12(4-2)17-13/h5-8H,3-4,9H2,1-2H3. The van der Waals surface area contributed by atoms with Crippen LogP contribution in [0.4, 0.5) is 0 Å². The van der Waals surface area contributed by atoms with Crippen molar-refractivity contribution in [2.24, 2.45) is 0 Å². The van der Waals surface area contributed by atoms with Crippen molar-refractivity contribution in [1.82, 2.24) is 10.2 Å². The summed E-state index contributed by atoms with van der Waals surface area (Å²) in [7, 11) is 0. The second kappa shape index (κ2) is 5.48. The first kappa shape index (κ1) is 11.6. The van der Waals surface area contributed by atoms with Gasteiger partial charge < -0.3 is 9.15 Å². The lowest BCUT2D eigenvalue weighted by Gasteiger charge is -2.04. The van der Waals surface area contributed by atoms with E-state index in [1.165, 1.54) is 5.56 Å². The molecule has 2 rings (SSSR count). The molecule has 1 aromatic heterocycles. The van der Waals surface area contributed by atoms with Gasteiger partial charge in [-0.2, -0.15) is 0 Å². The zero-order valence-electron chi connectivity index (χ0n) is 10.1. The second-order valence-electron chi connectivity index (χ2n) is 3.73. The maximum absolute atomic E-state index is 5.60. The van der Waals surface area contributed by atoms with Crippen molar-refractivity contribution in [2.45, 2.75) is 33.3 Å². The molecule has 2 aromatic rings. The molecule has 4 heteroatoms. The van der Waals surface area contributed by atoms with E-state index in [1.807, 2.05) is 25.1 Å². The second-order valence-corrected chi connectivity index (χ2v) is 3.73. The maximum atomic E-state index is 5.60. The van der Waals surface area contributed by atoms with Crippen LogP contribution in [0.25, 0.3) is 0 Å². The molecule has 90 valence electrons. The highest BCUT2D eigenvalue weighted by Gasteiger charge is 2.05. The summed E-state index contributed by atoms with van der Waals surface area (Å²) < 4.78 is 11.0. The monoisotopic (exact) mass is 232 g/mol. The number of nitrogens with zero attached hydrogens (tertiary/aromatic N) is 2. The van der Waals surface area contributed by atoms with Crippen LogP contribution in [0.15, 0.2) is 28.7 Å². The van der Waals surface area contributed by atoms with Crippen molar-refractivity contribution in [3.05, 3.63) is 41.6 Å². The predicted molar refractivity (Wildman–Crippen MR) is 63.8 cm³/mol. The van der Waals surface area contributed by atoms with Crippen LogP contribution >= 0.6 is 0 Å². The predicted octanol–water partition coefficient (Wildman–Crippen LogP) is 2.77. The quantitative estimate of drug-likeness (QED) is 0.795. The van der Waals surface area contributed by atoms with E-state index < -0.39 is 0 Å². The average Bonchev–Trinajstić information content (AvgIpc) is 2.84. The van der Waals surface area contributed by atoms with Crippen LogP contribution in [0.1, 0.15) is 31.2 Å². The highest BCUT2D eigenvalue weighted by Crippen LogP contribution is 2.15. The summed E-state index contributed by atoms with van der Waals surface area (Å²) in [6, 6.07) is 8.02. The van der Waals surface area contributed by atoms with E-state index in [0.717, 1.165) is 18.6 Å². The minimum absolute atomic E-state index is 0.320. The Morgan fingerprint density at radius 1 is 1.12 bits per heavy atom. The highest BCUT2D eigenvalue weighted by atomic mass is 16.5. The molecule has 0 aliphatic rings. The Balaban J connectivity index is 1.96. The normalized spacial score (nSPS) is 10.5. The summed E-state index contributed by atoms with van der Waals surface area (Å²) >= 11 is 0. The van der Waals surface area contributed by atoms with Crippen LogP contribution in [0.3, 0.4) is 0 Å². The Morgan fingerprint density at radius 3 is 2.65 bits per heavy atom. The van der Waals surface area contributed by atoms with Gasteiger partial charge in [-0.05, 0) is 24.1 Å². The van der Waals surface area contributed by atoms with Gasteiger partial charge in [0.25, 0.3) is 5.89 Å². The maximum Gasteiger partial charge on any atom is 0.253 e. The first-order chi connectivity index (χ1) is 8.31. The molecule has 17 heavy (non-hydrogen) atoms. The van der Waals surface area contributed by atoms with Gasteiger partial charge in [-0.3, -0.25) is 0 Å². The molecule has 1 aromatic carbocycles. The van der Waals surface area contributed by atoms with Gasteiger partial charge in [0.05, 0.1) is 0 Å². The Morgan fingerprint density at radius 2 is 1.94 bits per heavy atom. The third-order valence-corrected chi connectivity index (χ3v) is 2.48. The average molecular weight is 232 g/mol. The fraction of sp³-hybridized carbons (Fsp3) is 0.385. The number of aromatic nitrogens is 2. The van der Waals surface area contributed by atoms with Crippen molar-refractivity contribution in [3.63, 3.8) is 0 Å².